The van der Waals surface area contributed by atoms with Crippen molar-refractivity contribution in [1.29, 1.82) is 0 Å². The van der Waals surface area contributed by atoms with Crippen LogP contribution in [0.25, 0.3) is 0 Å². The summed E-state index contributed by atoms with van der Waals surface area (Å²) in [4.78, 5) is 0. The number of aliphatic hydroxyl groups is 1. The van der Waals surface area contributed by atoms with Gasteiger partial charge in [-0.3, -0.25) is 0 Å². The molecule has 1 N–H and O–H groups in total. The summed E-state index contributed by atoms with van der Waals surface area (Å²) in [6.07, 6.45) is 5.82. The largest absolute Gasteiger partial charge is 0.389 e. The van der Waals surface area contributed by atoms with Gasteiger partial charge in [0.05, 0.1) is 5.60 Å². The van der Waals surface area contributed by atoms with Gasteiger partial charge in [0.15, 0.2) is 0 Å². The summed E-state index contributed by atoms with van der Waals surface area (Å²) < 4.78 is 0. The normalized spacial score (nSPS) is 23.5. The highest BCUT2D eigenvalue weighted by molar-refractivity contribution is 7.99. The number of hydrogen-bond donors (Lipinski definition) is 1. The molecule has 2 heteroatoms. The molecule has 1 saturated carbocycles. The number of rotatable bonds is 3. The van der Waals surface area contributed by atoms with Crippen LogP contribution >= 0.6 is 11.8 Å². The molecule has 0 radical (unpaired) electrons. The van der Waals surface area contributed by atoms with Gasteiger partial charge in [0.25, 0.3) is 0 Å². The molecule has 1 aliphatic carbocycles. The molecule has 0 amide bonds. The second-order valence-corrected chi connectivity index (χ2v) is 4.70. The Balaban J connectivity index is 2.25. The van der Waals surface area contributed by atoms with Gasteiger partial charge >= 0.3 is 0 Å². The van der Waals surface area contributed by atoms with Crippen molar-refractivity contribution in [2.75, 3.05) is 11.5 Å². The van der Waals surface area contributed by atoms with Crippen molar-refractivity contribution < 1.29 is 5.11 Å². The van der Waals surface area contributed by atoms with E-state index < -0.39 is 0 Å². The zero-order valence-corrected chi connectivity index (χ0v) is 8.12. The molecule has 0 aromatic rings. The van der Waals surface area contributed by atoms with Gasteiger partial charge in [-0.05, 0) is 18.6 Å². The Morgan fingerprint density at radius 1 is 1.27 bits per heavy atom. The first-order valence-corrected chi connectivity index (χ1v) is 5.72. The summed E-state index contributed by atoms with van der Waals surface area (Å²) in [5, 5.41) is 9.98. The molecule has 0 unspecified atom stereocenters. The first-order chi connectivity index (χ1) is 5.27. The molecule has 0 saturated heterocycles. The fourth-order valence-electron chi connectivity index (χ4n) is 1.65. The predicted molar refractivity (Wildman–Crippen MR) is 51.0 cm³/mol. The van der Waals surface area contributed by atoms with E-state index in [-0.39, 0.29) is 5.60 Å². The van der Waals surface area contributed by atoms with Crippen LogP contribution in [0.3, 0.4) is 0 Å². The minimum absolute atomic E-state index is 0.307. The standard InChI is InChI=1S/C9H18OS/c1-2-11-8-9(10)6-4-3-5-7-9/h10H,2-8H2,1H3. The molecule has 0 aromatic carbocycles. The average Bonchev–Trinajstić information content (AvgIpc) is 2.03. The Kier molecular flexibility index (Phi) is 3.73. The Morgan fingerprint density at radius 3 is 2.45 bits per heavy atom. The third-order valence-corrected chi connectivity index (χ3v) is 3.51. The predicted octanol–water partition coefficient (Wildman–Crippen LogP) is 2.43. The molecule has 1 fully saturated rings. The Labute approximate surface area is 73.6 Å². The average molecular weight is 174 g/mol. The van der Waals surface area contributed by atoms with Crippen molar-refractivity contribution >= 4 is 11.8 Å². The maximum atomic E-state index is 9.98. The Bertz CT molecular complexity index is 108. The van der Waals surface area contributed by atoms with Crippen LogP contribution < -0.4 is 0 Å². The first kappa shape index (κ1) is 9.40. The third-order valence-electron chi connectivity index (χ3n) is 2.36. The van der Waals surface area contributed by atoms with Crippen LogP contribution in [0.5, 0.6) is 0 Å². The molecule has 1 nitrogen and oxygen atoms in total. The van der Waals surface area contributed by atoms with Crippen molar-refractivity contribution in [3.63, 3.8) is 0 Å². The van der Waals surface area contributed by atoms with Crippen LogP contribution in [0.2, 0.25) is 0 Å². The van der Waals surface area contributed by atoms with E-state index in [1.165, 1.54) is 19.3 Å². The van der Waals surface area contributed by atoms with Gasteiger partial charge in [0.2, 0.25) is 0 Å². The van der Waals surface area contributed by atoms with Gasteiger partial charge in [-0.1, -0.05) is 26.2 Å². The topological polar surface area (TPSA) is 20.2 Å². The van der Waals surface area contributed by atoms with Crippen LogP contribution in [0.15, 0.2) is 0 Å². The summed E-state index contributed by atoms with van der Waals surface area (Å²) in [7, 11) is 0. The molecule has 66 valence electrons. The monoisotopic (exact) mass is 174 g/mol. The van der Waals surface area contributed by atoms with Gasteiger partial charge in [-0.2, -0.15) is 11.8 Å². The molecule has 0 atom stereocenters. The molecule has 1 aliphatic rings. The van der Waals surface area contributed by atoms with E-state index >= 15 is 0 Å². The third kappa shape index (κ3) is 3.04. The minimum atomic E-state index is -0.307. The molecule has 0 bridgehead atoms. The van der Waals surface area contributed by atoms with E-state index in [1.54, 1.807) is 0 Å². The van der Waals surface area contributed by atoms with Crippen molar-refractivity contribution in [3.8, 4) is 0 Å². The highest BCUT2D eigenvalue weighted by atomic mass is 32.2. The van der Waals surface area contributed by atoms with Gasteiger partial charge in [-0.25, -0.2) is 0 Å². The summed E-state index contributed by atoms with van der Waals surface area (Å²) in [6, 6.07) is 0. The van der Waals surface area contributed by atoms with Crippen LogP contribution in [0, 0.1) is 0 Å². The first-order valence-electron chi connectivity index (χ1n) is 4.57. The minimum Gasteiger partial charge on any atom is -0.389 e. The fourth-order valence-corrected chi connectivity index (χ4v) is 2.52. The maximum Gasteiger partial charge on any atom is 0.0737 e. The quantitative estimate of drug-likeness (QED) is 0.709. The van der Waals surface area contributed by atoms with Crippen LogP contribution in [0.1, 0.15) is 39.0 Å². The maximum absolute atomic E-state index is 9.98. The number of thioether (sulfide) groups is 1. The van der Waals surface area contributed by atoms with Crippen molar-refractivity contribution in [2.24, 2.45) is 0 Å². The lowest BCUT2D eigenvalue weighted by Crippen LogP contribution is -2.34. The van der Waals surface area contributed by atoms with Gasteiger partial charge in [0, 0.05) is 5.75 Å². The summed E-state index contributed by atoms with van der Waals surface area (Å²) in [6.45, 7) is 2.15. The molecule has 1 rings (SSSR count). The van der Waals surface area contributed by atoms with Crippen LogP contribution in [-0.2, 0) is 0 Å². The summed E-state index contributed by atoms with van der Waals surface area (Å²) >= 11 is 1.86. The van der Waals surface area contributed by atoms with E-state index in [1.807, 2.05) is 11.8 Å². The Morgan fingerprint density at radius 2 is 1.91 bits per heavy atom. The van der Waals surface area contributed by atoms with E-state index in [9.17, 15) is 5.11 Å². The summed E-state index contributed by atoms with van der Waals surface area (Å²) in [5.41, 5.74) is -0.307. The fraction of sp³-hybridized carbons (Fsp3) is 1.00. The van der Waals surface area contributed by atoms with Gasteiger partial charge in [0.1, 0.15) is 0 Å². The lowest BCUT2D eigenvalue weighted by atomic mass is 9.86. The molecule has 0 aromatic heterocycles. The smallest absolute Gasteiger partial charge is 0.0737 e. The highest BCUT2D eigenvalue weighted by Gasteiger charge is 2.28. The molecular weight excluding hydrogens is 156 g/mol. The second kappa shape index (κ2) is 4.36. The molecule has 11 heavy (non-hydrogen) atoms. The molecule has 0 aliphatic heterocycles. The van der Waals surface area contributed by atoms with E-state index in [0.717, 1.165) is 24.3 Å². The summed E-state index contributed by atoms with van der Waals surface area (Å²) in [5.74, 6) is 2.08. The molecule has 0 spiro atoms. The molecular formula is C9H18OS. The zero-order chi connectivity index (χ0) is 8.16. The lowest BCUT2D eigenvalue weighted by molar-refractivity contribution is 0.0273. The van der Waals surface area contributed by atoms with Gasteiger partial charge in [-0.15, -0.1) is 0 Å². The SMILES string of the molecule is CCSCC1(O)CCCCC1. The Hall–Kier alpha value is 0.310. The van der Waals surface area contributed by atoms with Crippen molar-refractivity contribution in [1.82, 2.24) is 0 Å². The van der Waals surface area contributed by atoms with E-state index in [2.05, 4.69) is 6.92 Å². The highest BCUT2D eigenvalue weighted by Crippen LogP contribution is 2.30. The van der Waals surface area contributed by atoms with Crippen molar-refractivity contribution in [3.05, 3.63) is 0 Å². The lowest BCUT2D eigenvalue weighted by Gasteiger charge is -2.31. The number of hydrogen-bond acceptors (Lipinski definition) is 2. The second-order valence-electron chi connectivity index (χ2n) is 3.42. The van der Waals surface area contributed by atoms with Crippen LogP contribution in [0.4, 0.5) is 0 Å². The zero-order valence-electron chi connectivity index (χ0n) is 7.31. The van der Waals surface area contributed by atoms with Crippen LogP contribution in [-0.4, -0.2) is 22.2 Å². The van der Waals surface area contributed by atoms with Gasteiger partial charge < -0.3 is 5.11 Å². The van der Waals surface area contributed by atoms with Crippen molar-refractivity contribution in [2.45, 2.75) is 44.6 Å². The van der Waals surface area contributed by atoms with E-state index in [4.69, 9.17) is 0 Å². The van der Waals surface area contributed by atoms with E-state index in [0.29, 0.717) is 0 Å². The molecule has 0 heterocycles.